The van der Waals surface area contributed by atoms with Crippen LogP contribution in [0.3, 0.4) is 0 Å². The van der Waals surface area contributed by atoms with Crippen molar-refractivity contribution in [1.82, 2.24) is 4.57 Å². The van der Waals surface area contributed by atoms with Crippen molar-refractivity contribution in [3.05, 3.63) is 223 Å². The molecule has 0 saturated heterocycles. The zero-order valence-electron chi connectivity index (χ0n) is 32.6. The fraction of sp³-hybridized carbons (Fsp3) is 0.0182. The highest BCUT2D eigenvalue weighted by Gasteiger charge is 2.43. The van der Waals surface area contributed by atoms with E-state index in [9.17, 15) is 0 Å². The predicted molar refractivity (Wildman–Crippen MR) is 249 cm³/mol. The van der Waals surface area contributed by atoms with Gasteiger partial charge in [0.1, 0.15) is 23.0 Å². The molecule has 0 radical (unpaired) electrons. The lowest BCUT2D eigenvalue weighted by atomic mass is 9.31. The van der Waals surface area contributed by atoms with Gasteiger partial charge in [-0.1, -0.05) is 175 Å². The number of hydrogen-bond acceptors (Lipinski definition) is 2. The highest BCUT2D eigenvalue weighted by molar-refractivity contribution is 7.01. The van der Waals surface area contributed by atoms with Crippen molar-refractivity contribution >= 4 is 68.0 Å². The smallest absolute Gasteiger partial charge is 0.258 e. The van der Waals surface area contributed by atoms with E-state index in [-0.39, 0.29) is 19.3 Å². The van der Waals surface area contributed by atoms with Gasteiger partial charge >= 0.3 is 0 Å². The third-order valence-corrected chi connectivity index (χ3v) is 13.2. The highest BCUT2D eigenvalue weighted by Crippen LogP contribution is 2.47. The Hall–Kier alpha value is -7.49. The summed E-state index contributed by atoms with van der Waals surface area (Å²) in [5.41, 5.74) is 17.1. The molecule has 1 aliphatic carbocycles. The Bertz CT molecular complexity index is 3290. The van der Waals surface area contributed by atoms with Crippen LogP contribution in [0.15, 0.2) is 206 Å². The summed E-state index contributed by atoms with van der Waals surface area (Å²) in [4.78, 5) is 0. The second-order valence-corrected chi connectivity index (χ2v) is 16.2. The first kappa shape index (κ1) is 33.5. The van der Waals surface area contributed by atoms with Crippen LogP contribution >= 0.6 is 0 Å². The molecule has 0 N–H and O–H groups in total. The minimum Gasteiger partial charge on any atom is -0.459 e. The quantitative estimate of drug-likeness (QED) is 0.167. The largest absolute Gasteiger partial charge is 0.459 e. The summed E-state index contributed by atoms with van der Waals surface area (Å²) in [5.74, 6) is 3.53. The number of fused-ring (bicyclic) bond motifs is 11. The standard InChI is InChI=1S/C55H35B2NO2/c1-3-21-39-35(17-1)36-18-2-4-22-40(36)53(39)41-23-5-8-24-42(41)56-44-26-10-16-32-51(44)60-55-46(56)33-34-52-54(55)57(45-27-11-15-31-50(45)59-52)43-25-9-14-30-49(43)58-47-28-12-6-19-37(47)38-20-7-13-29-48(38)58/h1-34,53H. The zero-order chi connectivity index (χ0) is 39.3. The van der Waals surface area contributed by atoms with Crippen LogP contribution in [0.1, 0.15) is 22.6 Å². The van der Waals surface area contributed by atoms with Crippen molar-refractivity contribution in [2.45, 2.75) is 5.92 Å². The van der Waals surface area contributed by atoms with Gasteiger partial charge in [0.05, 0.1) is 11.0 Å². The maximum Gasteiger partial charge on any atom is 0.258 e. The number of benzene rings is 9. The summed E-state index contributed by atoms with van der Waals surface area (Å²) < 4.78 is 16.6. The first-order chi connectivity index (χ1) is 29.8. The molecule has 0 fully saturated rings. The van der Waals surface area contributed by atoms with Crippen molar-refractivity contribution in [1.29, 1.82) is 0 Å². The molecule has 9 aromatic carbocycles. The molecule has 0 atom stereocenters. The predicted octanol–water partition coefficient (Wildman–Crippen LogP) is 9.19. The minimum atomic E-state index is -0.189. The molecule has 0 spiro atoms. The maximum atomic E-state index is 7.26. The van der Waals surface area contributed by atoms with E-state index < -0.39 is 0 Å². The summed E-state index contributed by atoms with van der Waals surface area (Å²) in [7, 11) is 0. The van der Waals surface area contributed by atoms with Crippen molar-refractivity contribution in [3.8, 4) is 39.8 Å². The number of ether oxygens (including phenoxy) is 2. The minimum absolute atomic E-state index is 0.0863. The van der Waals surface area contributed by atoms with Gasteiger partial charge in [0.25, 0.3) is 13.4 Å². The van der Waals surface area contributed by atoms with Crippen LogP contribution in [0.2, 0.25) is 0 Å². The molecule has 3 heterocycles. The Morgan fingerprint density at radius 3 is 1.53 bits per heavy atom. The zero-order valence-corrected chi connectivity index (χ0v) is 32.6. The van der Waals surface area contributed by atoms with Gasteiger partial charge in [0.15, 0.2) is 0 Å². The van der Waals surface area contributed by atoms with Gasteiger partial charge in [-0.15, -0.1) is 0 Å². The Labute approximate surface area is 349 Å². The lowest BCUT2D eigenvalue weighted by molar-refractivity contribution is 0.469. The van der Waals surface area contributed by atoms with Crippen LogP contribution in [0.25, 0.3) is 38.6 Å². The third-order valence-electron chi connectivity index (χ3n) is 13.2. The lowest BCUT2D eigenvalue weighted by Crippen LogP contribution is -2.61. The van der Waals surface area contributed by atoms with Crippen LogP contribution in [0.4, 0.5) is 0 Å². The van der Waals surface area contributed by atoms with Gasteiger partial charge in [-0.3, -0.25) is 0 Å². The molecule has 13 rings (SSSR count). The number of para-hydroxylation sites is 5. The fourth-order valence-corrected chi connectivity index (χ4v) is 10.8. The highest BCUT2D eigenvalue weighted by atomic mass is 16.5. The molecule has 60 heavy (non-hydrogen) atoms. The molecule has 278 valence electrons. The molecule has 0 amide bonds. The van der Waals surface area contributed by atoms with Crippen molar-refractivity contribution in [3.63, 3.8) is 0 Å². The van der Waals surface area contributed by atoms with Gasteiger partial charge in [-0.05, 0) is 86.1 Å². The van der Waals surface area contributed by atoms with Crippen molar-refractivity contribution < 1.29 is 9.47 Å². The molecule has 3 aliphatic rings. The van der Waals surface area contributed by atoms with Crippen LogP contribution in [-0.4, -0.2) is 18.0 Å². The number of rotatable bonds is 4. The average molecular weight is 764 g/mol. The molecule has 0 unspecified atom stereocenters. The third kappa shape index (κ3) is 4.75. The molecule has 3 nitrogen and oxygen atoms in total. The molecule has 1 aromatic heterocycles. The Morgan fingerprint density at radius 2 is 0.850 bits per heavy atom. The van der Waals surface area contributed by atoms with E-state index in [1.807, 2.05) is 0 Å². The van der Waals surface area contributed by atoms with E-state index in [1.54, 1.807) is 0 Å². The van der Waals surface area contributed by atoms with E-state index >= 15 is 0 Å². The Morgan fingerprint density at radius 1 is 0.350 bits per heavy atom. The summed E-state index contributed by atoms with van der Waals surface area (Å²) in [6, 6.07) is 74.9. The Kier molecular flexibility index (Phi) is 7.26. The monoisotopic (exact) mass is 763 g/mol. The van der Waals surface area contributed by atoms with Crippen LogP contribution in [0.5, 0.6) is 23.0 Å². The summed E-state index contributed by atoms with van der Waals surface area (Å²) in [6.45, 7) is -0.275. The molecule has 2 aliphatic heterocycles. The van der Waals surface area contributed by atoms with E-state index in [2.05, 4.69) is 211 Å². The molecule has 10 aromatic rings. The first-order valence-electron chi connectivity index (χ1n) is 20.9. The SMILES string of the molecule is c1ccc2c(c1)Oc1c(ccc3c1B(c1ccccc1-n1c4ccccc4c4ccccc41)c1ccccc1O3)B2c1ccccc1C1c2ccccc2-c2ccccc21. The number of nitrogens with zero attached hydrogens (tertiary/aromatic N) is 1. The molecule has 5 heteroatoms. The normalized spacial score (nSPS) is 13.5. The Balaban J connectivity index is 1.06. The summed E-state index contributed by atoms with van der Waals surface area (Å²) in [6.07, 6.45) is 0. The van der Waals surface area contributed by atoms with Gasteiger partial charge in [0.2, 0.25) is 0 Å². The summed E-state index contributed by atoms with van der Waals surface area (Å²) >= 11 is 0. The van der Waals surface area contributed by atoms with Crippen LogP contribution in [-0.2, 0) is 0 Å². The molecular formula is C55H35B2NO2. The van der Waals surface area contributed by atoms with Gasteiger partial charge in [-0.2, -0.15) is 0 Å². The second-order valence-electron chi connectivity index (χ2n) is 16.2. The van der Waals surface area contributed by atoms with Crippen molar-refractivity contribution in [2.24, 2.45) is 0 Å². The van der Waals surface area contributed by atoms with Gasteiger partial charge in [0, 0.05) is 27.8 Å². The van der Waals surface area contributed by atoms with Crippen molar-refractivity contribution in [2.75, 3.05) is 0 Å². The molecule has 0 bridgehead atoms. The second kappa shape index (κ2) is 13.0. The van der Waals surface area contributed by atoms with E-state index in [0.717, 1.165) is 50.5 Å². The average Bonchev–Trinajstić information content (AvgIpc) is 3.83. The first-order valence-corrected chi connectivity index (χ1v) is 20.9. The lowest BCUT2D eigenvalue weighted by Gasteiger charge is -2.35. The molecular weight excluding hydrogens is 728 g/mol. The van der Waals surface area contributed by atoms with Gasteiger partial charge in [-0.25, -0.2) is 0 Å². The van der Waals surface area contributed by atoms with Gasteiger partial charge < -0.3 is 14.0 Å². The van der Waals surface area contributed by atoms with E-state index in [4.69, 9.17) is 9.47 Å². The number of hydrogen-bond donors (Lipinski definition) is 0. The van der Waals surface area contributed by atoms with Crippen LogP contribution < -0.4 is 42.3 Å². The fourth-order valence-electron chi connectivity index (χ4n) is 10.8. The van der Waals surface area contributed by atoms with Crippen LogP contribution in [0, 0.1) is 0 Å². The van der Waals surface area contributed by atoms with E-state index in [0.29, 0.717) is 0 Å². The maximum absolute atomic E-state index is 7.26. The molecule has 0 saturated carbocycles. The summed E-state index contributed by atoms with van der Waals surface area (Å²) in [5, 5.41) is 2.48. The van der Waals surface area contributed by atoms with E-state index in [1.165, 1.54) is 60.5 Å². The topological polar surface area (TPSA) is 23.4 Å². The number of aromatic nitrogens is 1.